The first-order valence-electron chi connectivity index (χ1n) is 4.94. The van der Waals surface area contributed by atoms with Gasteiger partial charge in [0.05, 0.1) is 0 Å². The number of hydrogen-bond donors (Lipinski definition) is 5. The maximum Gasteiger partial charge on any atom is 0.00772 e. The van der Waals surface area contributed by atoms with Gasteiger partial charge in [-0.3, -0.25) is 0 Å². The fourth-order valence-corrected chi connectivity index (χ4v) is 0.933. The van der Waals surface area contributed by atoms with Crippen molar-refractivity contribution in [3.8, 4) is 0 Å². The van der Waals surface area contributed by atoms with Crippen molar-refractivity contribution in [3.05, 3.63) is 0 Å². The summed E-state index contributed by atoms with van der Waals surface area (Å²) in [5.74, 6) is 0. The van der Waals surface area contributed by atoms with Crippen LogP contribution in [0.4, 0.5) is 0 Å². The summed E-state index contributed by atoms with van der Waals surface area (Å²) in [6.07, 6.45) is 0. The van der Waals surface area contributed by atoms with Crippen LogP contribution < -0.4 is 27.4 Å². The second-order valence-electron chi connectivity index (χ2n) is 2.83. The molecule has 0 amide bonds. The fourth-order valence-electron chi connectivity index (χ4n) is 0.933. The Balaban J connectivity index is 0. The molecule has 0 aromatic rings. The first-order valence-corrected chi connectivity index (χ1v) is 4.94. The van der Waals surface area contributed by atoms with Crippen molar-refractivity contribution in [1.29, 1.82) is 0 Å². The number of nitrogens with two attached hydrogens (primary N) is 2. The molecule has 0 bridgehead atoms. The summed E-state index contributed by atoms with van der Waals surface area (Å²) in [4.78, 5) is 0. The van der Waals surface area contributed by atoms with Gasteiger partial charge in [0.25, 0.3) is 0 Å². The van der Waals surface area contributed by atoms with E-state index in [1.165, 1.54) is 0 Å². The normalized spacial score (nSPS) is 9.86. The molecule has 0 aliphatic carbocycles. The molecule has 0 saturated heterocycles. The van der Waals surface area contributed by atoms with E-state index in [-0.39, 0.29) is 29.6 Å². The Morgan fingerprint density at radius 2 is 0.857 bits per heavy atom. The third-order valence-corrected chi connectivity index (χ3v) is 1.60. The van der Waals surface area contributed by atoms with Gasteiger partial charge in [-0.25, -0.2) is 0 Å². The first kappa shape index (κ1) is 17.2. The summed E-state index contributed by atoms with van der Waals surface area (Å²) >= 11 is 0. The largest absolute Gasteiger partial charge is 0.329 e. The molecule has 81 valence electrons. The van der Waals surface area contributed by atoms with Gasteiger partial charge in [-0.15, -0.1) is 0 Å². The third-order valence-electron chi connectivity index (χ3n) is 1.60. The molecule has 14 heavy (non-hydrogen) atoms. The van der Waals surface area contributed by atoms with E-state index in [1.54, 1.807) is 0 Å². The quantitative estimate of drug-likeness (QED) is 0.201. The van der Waals surface area contributed by atoms with Crippen LogP contribution in [-0.4, -0.2) is 81.9 Å². The van der Waals surface area contributed by atoms with E-state index in [1.807, 2.05) is 0 Å². The Kier molecular flexibility index (Phi) is 20.0. The molecule has 0 heterocycles. The van der Waals surface area contributed by atoms with Gasteiger partial charge in [-0.1, -0.05) is 0 Å². The van der Waals surface area contributed by atoms with Crippen LogP contribution in [0, 0.1) is 0 Å². The zero-order chi connectivity index (χ0) is 9.78. The van der Waals surface area contributed by atoms with Crippen molar-refractivity contribution >= 4 is 29.6 Å². The predicted octanol–water partition coefficient (Wildman–Crippen LogP) is -2.71. The molecule has 0 saturated carbocycles. The monoisotopic (exact) mass is 212 g/mol. The minimum atomic E-state index is 0. The smallest absolute Gasteiger partial charge is 0.00772 e. The first-order chi connectivity index (χ1) is 6.41. The van der Waals surface area contributed by atoms with Crippen LogP contribution in [-0.2, 0) is 0 Å². The number of rotatable bonds is 10. The molecule has 0 spiro atoms. The molecular weight excluding hydrogens is 189 g/mol. The van der Waals surface area contributed by atoms with Crippen molar-refractivity contribution in [1.82, 2.24) is 16.0 Å². The molecule has 6 heteroatoms. The van der Waals surface area contributed by atoms with Gasteiger partial charge in [0.15, 0.2) is 0 Å². The SMILES string of the molecule is NCCNCCNCCNCCN.[Na]. The van der Waals surface area contributed by atoms with Gasteiger partial charge in [0.2, 0.25) is 0 Å². The van der Waals surface area contributed by atoms with E-state index in [9.17, 15) is 0 Å². The van der Waals surface area contributed by atoms with Gasteiger partial charge < -0.3 is 27.4 Å². The topological polar surface area (TPSA) is 88.1 Å². The summed E-state index contributed by atoms with van der Waals surface area (Å²) in [6, 6.07) is 0. The van der Waals surface area contributed by atoms with Gasteiger partial charge in [0.1, 0.15) is 0 Å². The Morgan fingerprint density at radius 3 is 1.14 bits per heavy atom. The van der Waals surface area contributed by atoms with Crippen molar-refractivity contribution < 1.29 is 0 Å². The summed E-state index contributed by atoms with van der Waals surface area (Å²) < 4.78 is 0. The van der Waals surface area contributed by atoms with Crippen LogP contribution in [0.25, 0.3) is 0 Å². The molecule has 0 aliphatic heterocycles. The van der Waals surface area contributed by atoms with Gasteiger partial charge in [0, 0.05) is 81.9 Å². The minimum absolute atomic E-state index is 0. The van der Waals surface area contributed by atoms with Gasteiger partial charge in [-0.05, 0) is 0 Å². The predicted molar refractivity (Wildman–Crippen MR) is 62.5 cm³/mol. The molecule has 0 atom stereocenters. The molecule has 1 radical (unpaired) electrons. The number of hydrogen-bond acceptors (Lipinski definition) is 5. The molecule has 5 nitrogen and oxygen atoms in total. The van der Waals surface area contributed by atoms with Gasteiger partial charge in [-0.2, -0.15) is 0 Å². The molecule has 0 unspecified atom stereocenters. The average molecular weight is 212 g/mol. The van der Waals surface area contributed by atoms with Crippen molar-refractivity contribution in [3.63, 3.8) is 0 Å². The molecule has 7 N–H and O–H groups in total. The van der Waals surface area contributed by atoms with Crippen LogP contribution in [0.15, 0.2) is 0 Å². The van der Waals surface area contributed by atoms with E-state index >= 15 is 0 Å². The molecule has 0 aromatic carbocycles. The van der Waals surface area contributed by atoms with Crippen LogP contribution in [0.2, 0.25) is 0 Å². The minimum Gasteiger partial charge on any atom is -0.329 e. The van der Waals surface area contributed by atoms with E-state index < -0.39 is 0 Å². The summed E-state index contributed by atoms with van der Waals surface area (Å²) in [7, 11) is 0. The Hall–Kier alpha value is 0.800. The zero-order valence-electron chi connectivity index (χ0n) is 9.31. The molecule has 0 aromatic heterocycles. The molecule has 0 rings (SSSR count). The van der Waals surface area contributed by atoms with E-state index in [0.717, 1.165) is 39.3 Å². The second-order valence-corrected chi connectivity index (χ2v) is 2.83. The summed E-state index contributed by atoms with van der Waals surface area (Å²) in [6.45, 7) is 7.15. The average Bonchev–Trinajstić information content (AvgIpc) is 2.16. The molecule has 0 aliphatic rings. The maximum absolute atomic E-state index is 5.32. The van der Waals surface area contributed by atoms with Crippen LogP contribution in [0.1, 0.15) is 0 Å². The Bertz CT molecular complexity index is 83.8. The van der Waals surface area contributed by atoms with Crippen molar-refractivity contribution in [2.75, 3.05) is 52.4 Å². The Labute approximate surface area is 109 Å². The summed E-state index contributed by atoms with van der Waals surface area (Å²) in [5.41, 5.74) is 10.6. The van der Waals surface area contributed by atoms with Crippen LogP contribution in [0.5, 0.6) is 0 Å². The van der Waals surface area contributed by atoms with E-state index in [0.29, 0.717) is 13.1 Å². The van der Waals surface area contributed by atoms with Gasteiger partial charge >= 0.3 is 0 Å². The maximum atomic E-state index is 5.32. The molecule has 0 fully saturated rings. The van der Waals surface area contributed by atoms with Crippen LogP contribution in [0.3, 0.4) is 0 Å². The van der Waals surface area contributed by atoms with E-state index in [4.69, 9.17) is 11.5 Å². The zero-order valence-corrected chi connectivity index (χ0v) is 11.3. The molecular formula is C8H23N5Na. The fraction of sp³-hybridized carbons (Fsp3) is 1.00. The van der Waals surface area contributed by atoms with Crippen molar-refractivity contribution in [2.24, 2.45) is 11.5 Å². The second kappa shape index (κ2) is 16.2. The standard InChI is InChI=1S/C8H23N5.Na/c9-1-3-11-5-7-13-8-6-12-4-2-10;/h11-13H,1-10H2;. The summed E-state index contributed by atoms with van der Waals surface area (Å²) in [5, 5.41) is 9.71. The van der Waals surface area contributed by atoms with Crippen molar-refractivity contribution in [2.45, 2.75) is 0 Å². The number of nitrogens with one attached hydrogen (secondary N) is 3. The van der Waals surface area contributed by atoms with Crippen LogP contribution >= 0.6 is 0 Å². The van der Waals surface area contributed by atoms with E-state index in [2.05, 4.69) is 16.0 Å². The third kappa shape index (κ3) is 15.3. The Morgan fingerprint density at radius 1 is 0.571 bits per heavy atom.